The normalized spacial score (nSPS) is 13.7. The minimum absolute atomic E-state index is 0.260. The van der Waals surface area contributed by atoms with E-state index in [1.807, 2.05) is 26.0 Å². The van der Waals surface area contributed by atoms with Crippen molar-refractivity contribution in [1.29, 1.82) is 0 Å². The van der Waals surface area contributed by atoms with Crippen molar-refractivity contribution in [3.63, 3.8) is 0 Å². The highest BCUT2D eigenvalue weighted by atomic mass is 32.2. The quantitative estimate of drug-likeness (QED) is 0.515. The zero-order valence-corrected chi connectivity index (χ0v) is 21.6. The molecular weight excluding hydrogens is 462 g/mol. The summed E-state index contributed by atoms with van der Waals surface area (Å²) in [7, 11) is -3.81. The zero-order valence-electron chi connectivity index (χ0n) is 20.8. The first-order valence-electron chi connectivity index (χ1n) is 12.1. The van der Waals surface area contributed by atoms with Gasteiger partial charge >= 0.3 is 0 Å². The summed E-state index contributed by atoms with van der Waals surface area (Å²) in [6, 6.07) is 8.75. The maximum Gasteiger partial charge on any atom is 0.262 e. The number of benzene rings is 2. The lowest BCUT2D eigenvalue weighted by Crippen LogP contribution is -2.27. The van der Waals surface area contributed by atoms with Crippen LogP contribution in [0.2, 0.25) is 0 Å². The van der Waals surface area contributed by atoms with Crippen LogP contribution < -0.4 is 10.0 Å². The van der Waals surface area contributed by atoms with Crippen LogP contribution in [0.15, 0.2) is 35.2 Å². The van der Waals surface area contributed by atoms with Crippen LogP contribution >= 0.6 is 0 Å². The smallest absolute Gasteiger partial charge is 0.262 e. The van der Waals surface area contributed by atoms with Crippen molar-refractivity contribution in [2.24, 2.45) is 0 Å². The highest BCUT2D eigenvalue weighted by Crippen LogP contribution is 2.26. The molecule has 186 valence electrons. The summed E-state index contributed by atoms with van der Waals surface area (Å²) in [5.41, 5.74) is 3.90. The summed E-state index contributed by atoms with van der Waals surface area (Å²) in [6.45, 7) is 8.68. The number of carbonyl (C=O) groups is 1. The lowest BCUT2D eigenvalue weighted by Gasteiger charge is -2.16. The number of aryl methyl sites for hydroxylation is 5. The Kier molecular flexibility index (Phi) is 7.25. The van der Waals surface area contributed by atoms with Gasteiger partial charge in [0.2, 0.25) is 0 Å². The number of aromatic nitrogens is 3. The van der Waals surface area contributed by atoms with E-state index in [9.17, 15) is 13.2 Å². The summed E-state index contributed by atoms with van der Waals surface area (Å²) in [6.07, 6.45) is 4.99. The number of carbonyl (C=O) groups excluding carboxylic acids is 1. The molecular formula is C26H33N5O3S. The molecule has 1 aromatic heterocycles. The van der Waals surface area contributed by atoms with Crippen molar-refractivity contribution in [1.82, 2.24) is 20.1 Å². The third-order valence-corrected chi connectivity index (χ3v) is 8.11. The molecule has 2 N–H and O–H groups in total. The van der Waals surface area contributed by atoms with Crippen molar-refractivity contribution in [3.8, 4) is 0 Å². The van der Waals surface area contributed by atoms with Gasteiger partial charge in [-0.3, -0.25) is 9.52 Å². The molecule has 2 aromatic carbocycles. The second-order valence-electron chi connectivity index (χ2n) is 9.36. The molecule has 3 aromatic rings. The first-order valence-corrected chi connectivity index (χ1v) is 13.5. The van der Waals surface area contributed by atoms with Crippen LogP contribution in [-0.2, 0) is 29.4 Å². The molecule has 0 saturated heterocycles. The number of hydrogen-bond donors (Lipinski definition) is 2. The fourth-order valence-corrected chi connectivity index (χ4v) is 6.36. The molecule has 1 aliphatic heterocycles. The highest BCUT2D eigenvalue weighted by Gasteiger charge is 2.21. The zero-order chi connectivity index (χ0) is 25.2. The molecule has 0 fully saturated rings. The van der Waals surface area contributed by atoms with E-state index in [2.05, 4.69) is 24.8 Å². The SMILES string of the molecule is Cc1cc(C)c(S(=O)(=O)Nc2cc(C(=O)NCCc3nnc4n3CCCCC4)ccc2C)c(C)c1. The van der Waals surface area contributed by atoms with Crippen molar-refractivity contribution >= 4 is 21.6 Å². The van der Waals surface area contributed by atoms with Gasteiger partial charge in [-0.25, -0.2) is 8.42 Å². The largest absolute Gasteiger partial charge is 0.352 e. The van der Waals surface area contributed by atoms with Crippen LogP contribution in [0.4, 0.5) is 5.69 Å². The van der Waals surface area contributed by atoms with Crippen LogP contribution in [-0.4, -0.2) is 35.6 Å². The average molecular weight is 496 g/mol. The fraction of sp³-hybridized carbons (Fsp3) is 0.423. The van der Waals surface area contributed by atoms with Crippen molar-refractivity contribution in [2.75, 3.05) is 11.3 Å². The summed E-state index contributed by atoms with van der Waals surface area (Å²) in [4.78, 5) is 13.1. The number of amides is 1. The van der Waals surface area contributed by atoms with Gasteiger partial charge < -0.3 is 9.88 Å². The Morgan fingerprint density at radius 3 is 2.46 bits per heavy atom. The second kappa shape index (κ2) is 10.2. The minimum Gasteiger partial charge on any atom is -0.352 e. The summed E-state index contributed by atoms with van der Waals surface area (Å²) >= 11 is 0. The topological polar surface area (TPSA) is 106 Å². The highest BCUT2D eigenvalue weighted by molar-refractivity contribution is 7.92. The van der Waals surface area contributed by atoms with Gasteiger partial charge in [-0.2, -0.15) is 0 Å². The molecule has 2 heterocycles. The summed E-state index contributed by atoms with van der Waals surface area (Å²) in [5, 5.41) is 11.5. The molecule has 8 nitrogen and oxygen atoms in total. The Hall–Kier alpha value is -3.20. The maximum atomic E-state index is 13.2. The van der Waals surface area contributed by atoms with Crippen molar-refractivity contribution in [2.45, 2.75) is 71.2 Å². The van der Waals surface area contributed by atoms with Gasteiger partial charge in [0.15, 0.2) is 0 Å². The Balaban J connectivity index is 1.45. The molecule has 35 heavy (non-hydrogen) atoms. The molecule has 0 atom stereocenters. The fourth-order valence-electron chi connectivity index (χ4n) is 4.78. The first kappa shape index (κ1) is 24.9. The van der Waals surface area contributed by atoms with Gasteiger partial charge in [0, 0.05) is 31.5 Å². The van der Waals surface area contributed by atoms with Crippen LogP contribution in [0, 0.1) is 27.7 Å². The molecule has 0 aliphatic carbocycles. The third kappa shape index (κ3) is 5.56. The summed E-state index contributed by atoms with van der Waals surface area (Å²) in [5.74, 6) is 1.66. The lowest BCUT2D eigenvalue weighted by molar-refractivity contribution is 0.0954. The van der Waals surface area contributed by atoms with Gasteiger partial charge in [-0.05, 0) is 69.4 Å². The number of sulfonamides is 1. The van der Waals surface area contributed by atoms with E-state index in [0.717, 1.165) is 48.6 Å². The second-order valence-corrected chi connectivity index (χ2v) is 11.0. The lowest BCUT2D eigenvalue weighted by atomic mass is 10.1. The number of rotatable bonds is 7. The predicted molar refractivity (Wildman–Crippen MR) is 136 cm³/mol. The number of nitrogens with zero attached hydrogens (tertiary/aromatic N) is 3. The molecule has 4 rings (SSSR count). The molecule has 0 bridgehead atoms. The number of nitrogens with one attached hydrogen (secondary N) is 2. The van der Waals surface area contributed by atoms with Crippen LogP contribution in [0.5, 0.6) is 0 Å². The van der Waals surface area contributed by atoms with E-state index >= 15 is 0 Å². The maximum absolute atomic E-state index is 13.2. The van der Waals surface area contributed by atoms with Gasteiger partial charge in [-0.15, -0.1) is 10.2 Å². The van der Waals surface area contributed by atoms with Gasteiger partial charge in [0.25, 0.3) is 15.9 Å². The van der Waals surface area contributed by atoms with Crippen LogP contribution in [0.3, 0.4) is 0 Å². The van der Waals surface area contributed by atoms with Crippen LogP contribution in [0.1, 0.15) is 63.5 Å². The number of hydrogen-bond acceptors (Lipinski definition) is 5. The number of anilines is 1. The molecule has 1 aliphatic rings. The molecule has 0 unspecified atom stereocenters. The number of fused-ring (bicyclic) bond motifs is 1. The van der Waals surface area contributed by atoms with E-state index < -0.39 is 10.0 Å². The first-order chi connectivity index (χ1) is 16.7. The molecule has 0 saturated carbocycles. The minimum atomic E-state index is -3.81. The Bertz CT molecular complexity index is 1340. The monoisotopic (exact) mass is 495 g/mol. The van der Waals surface area contributed by atoms with Gasteiger partial charge in [0.1, 0.15) is 11.6 Å². The van der Waals surface area contributed by atoms with Gasteiger partial charge in [-0.1, -0.05) is 30.2 Å². The molecule has 9 heteroatoms. The Morgan fingerprint density at radius 1 is 0.971 bits per heavy atom. The van der Waals surface area contributed by atoms with E-state index in [0.29, 0.717) is 35.3 Å². The standard InChI is InChI=1S/C26H33N5O3S/c1-17-14-19(3)25(20(4)15-17)35(33,34)30-22-16-21(10-9-18(22)2)26(32)27-12-11-24-29-28-23-8-6-5-7-13-31(23)24/h9-10,14-16,30H,5-8,11-13H2,1-4H3,(H,27,32). The van der Waals surface area contributed by atoms with Crippen LogP contribution in [0.25, 0.3) is 0 Å². The average Bonchev–Trinajstić information content (AvgIpc) is 3.00. The van der Waals surface area contributed by atoms with E-state index in [4.69, 9.17) is 0 Å². The van der Waals surface area contributed by atoms with E-state index in [1.54, 1.807) is 32.0 Å². The molecule has 0 spiro atoms. The van der Waals surface area contributed by atoms with Gasteiger partial charge in [0.05, 0.1) is 10.6 Å². The molecule has 0 radical (unpaired) electrons. The predicted octanol–water partition coefficient (Wildman–Crippen LogP) is 4.01. The summed E-state index contributed by atoms with van der Waals surface area (Å²) < 4.78 is 31.3. The van der Waals surface area contributed by atoms with E-state index in [-0.39, 0.29) is 10.8 Å². The Labute approximate surface area is 207 Å². The van der Waals surface area contributed by atoms with Crippen molar-refractivity contribution < 1.29 is 13.2 Å². The van der Waals surface area contributed by atoms with Crippen molar-refractivity contribution in [3.05, 3.63) is 69.8 Å². The third-order valence-electron chi connectivity index (χ3n) is 6.44. The Morgan fingerprint density at radius 2 is 1.71 bits per heavy atom. The van der Waals surface area contributed by atoms with E-state index in [1.165, 1.54) is 6.42 Å². The molecule has 1 amide bonds.